The van der Waals surface area contributed by atoms with Gasteiger partial charge in [0, 0.05) is 6.07 Å². The van der Waals surface area contributed by atoms with E-state index in [4.69, 9.17) is 14.2 Å². The van der Waals surface area contributed by atoms with Crippen molar-refractivity contribution in [1.29, 1.82) is 0 Å². The zero-order valence-corrected chi connectivity index (χ0v) is 15.3. The fraction of sp³-hybridized carbons (Fsp3) is 0.130. The van der Waals surface area contributed by atoms with Gasteiger partial charge in [-0.05, 0) is 73.2 Å². The third kappa shape index (κ3) is 3.60. The largest absolute Gasteiger partial charge is 0.508 e. The minimum Gasteiger partial charge on any atom is -0.508 e. The van der Waals surface area contributed by atoms with Gasteiger partial charge in [-0.15, -0.1) is 0 Å². The average Bonchev–Trinajstić information content (AvgIpc) is 2.70. The first-order chi connectivity index (χ1) is 13.1. The van der Waals surface area contributed by atoms with Gasteiger partial charge in [-0.2, -0.15) is 0 Å². The van der Waals surface area contributed by atoms with Crippen LogP contribution in [0.4, 0.5) is 5.69 Å². The predicted octanol–water partition coefficient (Wildman–Crippen LogP) is 5.37. The second-order valence-electron chi connectivity index (χ2n) is 6.51. The summed E-state index contributed by atoms with van der Waals surface area (Å²) in [7, 11) is 1.65. The maximum absolute atomic E-state index is 9.51. The van der Waals surface area contributed by atoms with Gasteiger partial charge in [-0.3, -0.25) is 4.99 Å². The highest BCUT2D eigenvalue weighted by Crippen LogP contribution is 2.32. The Balaban J connectivity index is 1.79. The molecule has 0 bridgehead atoms. The van der Waals surface area contributed by atoms with Gasteiger partial charge >= 0.3 is 11.5 Å². The molecule has 0 saturated carbocycles. The summed E-state index contributed by atoms with van der Waals surface area (Å²) in [5.74, 6) is 2.69. The normalized spacial score (nSPS) is 14.6. The quantitative estimate of drug-likeness (QED) is 0.640. The van der Waals surface area contributed by atoms with Gasteiger partial charge in [0.15, 0.2) is 0 Å². The topological polar surface area (TPSA) is 53.1 Å². The lowest BCUT2D eigenvalue weighted by Gasteiger charge is -2.10. The van der Waals surface area contributed by atoms with E-state index in [1.54, 1.807) is 31.4 Å². The van der Waals surface area contributed by atoms with Gasteiger partial charge in [0.1, 0.15) is 23.5 Å². The Hall–Kier alpha value is -3.40. The molecule has 0 aliphatic carbocycles. The van der Waals surface area contributed by atoms with E-state index in [1.165, 1.54) is 0 Å². The number of ketones is 1. The number of phenolic OH excluding ortho intramolecular Hbond substituents is 1. The van der Waals surface area contributed by atoms with Crippen molar-refractivity contribution in [3.63, 3.8) is 0 Å². The Kier molecular flexibility index (Phi) is 4.47. The molecule has 4 heteroatoms. The monoisotopic (exact) mass is 358 g/mol. The number of aryl methyl sites for hydroxylation is 1. The Labute approximate surface area is 158 Å². The molecule has 1 heterocycles. The smallest absolute Gasteiger partial charge is 0.362 e. The highest BCUT2D eigenvalue weighted by Gasteiger charge is 2.31. The van der Waals surface area contributed by atoms with Gasteiger partial charge in [-0.25, -0.2) is 4.42 Å². The molecule has 0 saturated heterocycles. The second-order valence-corrected chi connectivity index (χ2v) is 6.51. The zero-order chi connectivity index (χ0) is 18.8. The number of rotatable bonds is 3. The third-order valence-corrected chi connectivity index (χ3v) is 4.53. The zero-order valence-electron chi connectivity index (χ0n) is 15.3. The molecule has 134 valence electrons. The number of phenols is 1. The molecule has 0 amide bonds. The van der Waals surface area contributed by atoms with Crippen molar-refractivity contribution < 1.29 is 14.3 Å². The number of hydrogen-bond donors (Lipinski definition) is 1. The fourth-order valence-electron chi connectivity index (χ4n) is 3.10. The average molecular weight is 358 g/mol. The standard InChI is InChI=1S/C23H19NO3/c1-15-3-12-22-20(13-15)21(24-17-6-8-18(25)9-7-17)14-23(27-22)16-4-10-19(26-2)11-5-16/h3-13H,14H2,1-2H3/p+1. The molecule has 1 aliphatic rings. The number of ether oxygens (including phenoxy) is 1. The summed E-state index contributed by atoms with van der Waals surface area (Å²) in [6.45, 7) is 2.06. The minimum atomic E-state index is 0.229. The summed E-state index contributed by atoms with van der Waals surface area (Å²) in [4.78, 5) is 4.83. The van der Waals surface area contributed by atoms with Crippen LogP contribution in [0.3, 0.4) is 0 Å². The lowest BCUT2D eigenvalue weighted by Crippen LogP contribution is -2.15. The van der Waals surface area contributed by atoms with Crippen LogP contribution in [0.25, 0.3) is 0 Å². The van der Waals surface area contributed by atoms with E-state index in [0.717, 1.165) is 45.4 Å². The van der Waals surface area contributed by atoms with Gasteiger partial charge in [0.05, 0.1) is 24.1 Å². The molecule has 3 aromatic carbocycles. The van der Waals surface area contributed by atoms with Crippen LogP contribution in [0, 0.1) is 6.92 Å². The summed E-state index contributed by atoms with van der Waals surface area (Å²) in [6, 6.07) is 20.8. The van der Waals surface area contributed by atoms with Gasteiger partial charge < -0.3 is 9.84 Å². The van der Waals surface area contributed by atoms with E-state index in [-0.39, 0.29) is 5.75 Å². The highest BCUT2D eigenvalue weighted by atomic mass is 16.5. The lowest BCUT2D eigenvalue weighted by molar-refractivity contribution is -0.169. The van der Waals surface area contributed by atoms with E-state index in [2.05, 4.69) is 13.0 Å². The van der Waals surface area contributed by atoms with Crippen LogP contribution >= 0.6 is 0 Å². The van der Waals surface area contributed by atoms with Gasteiger partial charge in [0.2, 0.25) is 0 Å². The van der Waals surface area contributed by atoms with Crippen molar-refractivity contribution in [3.05, 3.63) is 83.4 Å². The molecule has 1 N–H and O–H groups in total. The van der Waals surface area contributed by atoms with Gasteiger partial charge in [-0.1, -0.05) is 0 Å². The molecule has 0 aromatic heterocycles. The second kappa shape index (κ2) is 7.08. The van der Waals surface area contributed by atoms with Crippen LogP contribution in [0.15, 0.2) is 71.7 Å². The molecule has 4 nitrogen and oxygen atoms in total. The first-order valence-electron chi connectivity index (χ1n) is 8.78. The number of carbonyl (C=O) groups excluding carboxylic acids is 1. The molecule has 0 fully saturated rings. The summed E-state index contributed by atoms with van der Waals surface area (Å²) in [6.07, 6.45) is 0.587. The first kappa shape index (κ1) is 17.0. The first-order valence-corrected chi connectivity index (χ1v) is 8.78. The van der Waals surface area contributed by atoms with E-state index >= 15 is 0 Å². The van der Waals surface area contributed by atoms with E-state index in [0.29, 0.717) is 6.42 Å². The number of methoxy groups -OCH3 is 1. The van der Waals surface area contributed by atoms with Crippen molar-refractivity contribution in [2.24, 2.45) is 4.99 Å². The van der Waals surface area contributed by atoms with Crippen LogP contribution in [-0.4, -0.2) is 23.7 Å². The van der Waals surface area contributed by atoms with Crippen LogP contribution < -0.4 is 4.74 Å². The van der Waals surface area contributed by atoms with Crippen LogP contribution in [0.1, 0.15) is 27.5 Å². The SMILES string of the molecule is COc1ccc(C2=[O+]c3ccc(C)cc3C(=Nc3ccc(O)cc3)C2)cc1. The minimum absolute atomic E-state index is 0.229. The van der Waals surface area contributed by atoms with Gasteiger partial charge in [0.25, 0.3) is 0 Å². The molecule has 1 aliphatic heterocycles. The Morgan fingerprint density at radius 3 is 2.41 bits per heavy atom. The van der Waals surface area contributed by atoms with Crippen molar-refractivity contribution in [2.75, 3.05) is 7.11 Å². The van der Waals surface area contributed by atoms with E-state index in [9.17, 15) is 5.11 Å². The maximum Gasteiger partial charge on any atom is 0.362 e. The summed E-state index contributed by atoms with van der Waals surface area (Å²) in [5.41, 5.74) is 4.90. The van der Waals surface area contributed by atoms with Crippen LogP contribution in [0.2, 0.25) is 0 Å². The summed E-state index contributed by atoms with van der Waals surface area (Å²) < 4.78 is 11.4. The molecule has 0 unspecified atom stereocenters. The highest BCUT2D eigenvalue weighted by molar-refractivity contribution is 6.19. The fourth-order valence-corrected chi connectivity index (χ4v) is 3.10. The molecule has 3 aromatic rings. The molecular formula is C23H20NO3+. The Morgan fingerprint density at radius 2 is 1.70 bits per heavy atom. The Morgan fingerprint density at radius 1 is 0.963 bits per heavy atom. The van der Waals surface area contributed by atoms with Crippen LogP contribution in [-0.2, 0) is 0 Å². The van der Waals surface area contributed by atoms with Crippen molar-refractivity contribution in [1.82, 2.24) is 0 Å². The third-order valence-electron chi connectivity index (χ3n) is 4.53. The summed E-state index contributed by atoms with van der Waals surface area (Å²) in [5, 5.41) is 9.51. The van der Waals surface area contributed by atoms with Crippen molar-refractivity contribution >= 4 is 17.2 Å². The molecule has 0 radical (unpaired) electrons. The van der Waals surface area contributed by atoms with Crippen molar-refractivity contribution in [3.8, 4) is 17.2 Å². The van der Waals surface area contributed by atoms with E-state index < -0.39 is 0 Å². The molecule has 0 atom stereocenters. The van der Waals surface area contributed by atoms with Crippen molar-refractivity contribution in [2.45, 2.75) is 13.3 Å². The van der Waals surface area contributed by atoms with E-state index in [1.807, 2.05) is 36.4 Å². The number of fused-ring (bicyclic) bond motifs is 1. The Bertz CT molecular complexity index is 1030. The van der Waals surface area contributed by atoms with Crippen LogP contribution in [0.5, 0.6) is 17.2 Å². The summed E-state index contributed by atoms with van der Waals surface area (Å²) >= 11 is 0. The number of hydrogen-bond acceptors (Lipinski definition) is 3. The molecule has 27 heavy (non-hydrogen) atoms. The number of benzene rings is 3. The molecule has 4 rings (SSSR count). The lowest BCUT2D eigenvalue weighted by atomic mass is 9.96. The number of aromatic hydroxyl groups is 1. The maximum atomic E-state index is 9.51. The molecule has 0 spiro atoms. The number of nitrogens with zero attached hydrogens (tertiary/aromatic N) is 1. The predicted molar refractivity (Wildman–Crippen MR) is 107 cm³/mol. The molecular weight excluding hydrogens is 338 g/mol. The number of aliphatic imine (C=N–C) groups is 1.